The van der Waals surface area contributed by atoms with Crippen molar-refractivity contribution in [2.24, 2.45) is 0 Å². The Kier molecular flexibility index (Phi) is 10.5. The highest BCUT2D eigenvalue weighted by atomic mass is 15.0. The van der Waals surface area contributed by atoms with E-state index >= 15 is 0 Å². The molecule has 0 fully saturated rings. The van der Waals surface area contributed by atoms with Crippen LogP contribution in [0.1, 0.15) is 0 Å². The molecule has 16 rings (SSSR count). The zero-order chi connectivity index (χ0) is 52.7. The average Bonchev–Trinajstić information content (AvgIpc) is 4.09. The number of hydrogen-bond donors (Lipinski definition) is 0. The zero-order valence-corrected chi connectivity index (χ0v) is 43.5. The monoisotopic (exact) mass is 1020 g/mol. The Morgan fingerprint density at radius 2 is 0.537 bits per heavy atom. The number of nitrogens with zero attached hydrogens (tertiary/aromatic N) is 4. The molecule has 0 spiro atoms. The summed E-state index contributed by atoms with van der Waals surface area (Å²) in [5.41, 5.74) is 22.8. The second-order valence-electron chi connectivity index (χ2n) is 20.8. The van der Waals surface area contributed by atoms with E-state index in [1.807, 2.05) is 0 Å². The Morgan fingerprint density at radius 1 is 0.212 bits per heavy atom. The predicted octanol–water partition coefficient (Wildman–Crippen LogP) is 20.1. The lowest BCUT2D eigenvalue weighted by Crippen LogP contribution is -1.98. The minimum atomic E-state index is 0.909. The summed E-state index contributed by atoms with van der Waals surface area (Å²) in [4.78, 5) is 10.9. The quantitative estimate of drug-likeness (QED) is 0.152. The van der Waals surface area contributed by atoms with Crippen molar-refractivity contribution < 1.29 is 0 Å². The summed E-state index contributed by atoms with van der Waals surface area (Å²) in [7, 11) is 0. The Balaban J connectivity index is 0.802. The van der Waals surface area contributed by atoms with Crippen LogP contribution < -0.4 is 0 Å². The van der Waals surface area contributed by atoms with Crippen molar-refractivity contribution in [1.82, 2.24) is 18.8 Å². The molecule has 4 heterocycles. The van der Waals surface area contributed by atoms with Crippen LogP contribution in [-0.2, 0) is 0 Å². The first kappa shape index (κ1) is 45.5. The fourth-order valence-corrected chi connectivity index (χ4v) is 12.6. The molecular formula is C76H48N4. The third kappa shape index (κ3) is 7.31. The van der Waals surface area contributed by atoms with Crippen molar-refractivity contribution in [3.05, 3.63) is 291 Å². The van der Waals surface area contributed by atoms with E-state index in [-0.39, 0.29) is 0 Å². The van der Waals surface area contributed by atoms with Crippen molar-refractivity contribution in [3.8, 4) is 89.5 Å². The number of para-hydroxylation sites is 2. The second-order valence-corrected chi connectivity index (χ2v) is 20.8. The molecule has 0 aliphatic rings. The molecule has 372 valence electrons. The van der Waals surface area contributed by atoms with Crippen molar-refractivity contribution in [3.63, 3.8) is 0 Å². The lowest BCUT2D eigenvalue weighted by Gasteiger charge is -2.14. The van der Waals surface area contributed by atoms with Crippen LogP contribution in [0.5, 0.6) is 0 Å². The SMILES string of the molecule is c1ccc(-c2ccc3c(c2)c(-c2ccccc2)c2c4ccccc4nc(-c4ccc(-c5cccc6c(-c7ccc(-c8nc9ccccc9c9c(-c%10ccccc%10)c%10cc(-c%11ccccc%11)ccc%10n89)cc7)cccc56)cc4)n32)cc1. The van der Waals surface area contributed by atoms with Gasteiger partial charge in [-0.05, 0) is 103 Å². The van der Waals surface area contributed by atoms with Gasteiger partial charge in [0.25, 0.3) is 0 Å². The maximum Gasteiger partial charge on any atom is 0.145 e. The van der Waals surface area contributed by atoms with Gasteiger partial charge in [-0.25, -0.2) is 9.97 Å². The minimum absolute atomic E-state index is 0.909. The number of rotatable bonds is 8. The van der Waals surface area contributed by atoms with E-state index in [9.17, 15) is 0 Å². The number of aromatic nitrogens is 4. The van der Waals surface area contributed by atoms with Gasteiger partial charge < -0.3 is 0 Å². The predicted molar refractivity (Wildman–Crippen MR) is 335 cm³/mol. The molecule has 0 unspecified atom stereocenters. The highest BCUT2D eigenvalue weighted by Crippen LogP contribution is 2.45. The topological polar surface area (TPSA) is 34.6 Å². The van der Waals surface area contributed by atoms with Gasteiger partial charge in [-0.15, -0.1) is 0 Å². The second kappa shape index (κ2) is 18.5. The van der Waals surface area contributed by atoms with Crippen LogP contribution >= 0.6 is 0 Å². The first-order valence-electron chi connectivity index (χ1n) is 27.4. The van der Waals surface area contributed by atoms with Crippen LogP contribution in [0.3, 0.4) is 0 Å². The normalized spacial score (nSPS) is 11.8. The van der Waals surface area contributed by atoms with Crippen LogP contribution in [0.4, 0.5) is 0 Å². The van der Waals surface area contributed by atoms with Crippen molar-refractivity contribution in [2.75, 3.05) is 0 Å². The summed E-state index contributed by atoms with van der Waals surface area (Å²) in [6, 6.07) is 105. The molecule has 0 aliphatic heterocycles. The fourth-order valence-electron chi connectivity index (χ4n) is 12.6. The number of benzene rings is 12. The molecule has 0 saturated carbocycles. The third-order valence-corrected chi connectivity index (χ3v) is 16.3. The Bertz CT molecular complexity index is 4740. The van der Waals surface area contributed by atoms with Gasteiger partial charge in [0, 0.05) is 43.8 Å². The molecule has 0 amide bonds. The lowest BCUT2D eigenvalue weighted by atomic mass is 9.92. The smallest absolute Gasteiger partial charge is 0.145 e. The molecule has 0 radical (unpaired) electrons. The van der Waals surface area contributed by atoms with Crippen molar-refractivity contribution in [2.45, 2.75) is 0 Å². The van der Waals surface area contributed by atoms with E-state index in [0.29, 0.717) is 0 Å². The van der Waals surface area contributed by atoms with Gasteiger partial charge in [-0.2, -0.15) is 0 Å². The maximum absolute atomic E-state index is 5.46. The molecule has 80 heavy (non-hydrogen) atoms. The zero-order valence-electron chi connectivity index (χ0n) is 43.5. The molecule has 0 bridgehead atoms. The highest BCUT2D eigenvalue weighted by Gasteiger charge is 2.24. The summed E-state index contributed by atoms with van der Waals surface area (Å²) in [5.74, 6) is 1.82. The van der Waals surface area contributed by atoms with E-state index < -0.39 is 0 Å². The standard InChI is InChI=1S/C76H48N4/c1-5-19-49(20-6-1)57-43-45-69-65(47-57)71(53-23-9-3-10-24-53)73-63-27-13-15-33-67(63)77-75(79(69)73)55-39-35-51(36-40-55)59-29-17-32-62-60(30-18-31-61(59)62)52-37-41-56(42-38-52)76-78-68-34-16-14-28-64(68)74-72(54-25-11-4-12-26-54)66-48-58(44-46-70(66)80(74)76)50-21-7-2-8-22-50/h1-48H. The van der Waals surface area contributed by atoms with Gasteiger partial charge in [-0.3, -0.25) is 8.80 Å². The van der Waals surface area contributed by atoms with Crippen LogP contribution in [0.25, 0.3) is 155 Å². The molecule has 0 N–H and O–H groups in total. The molecule has 0 saturated heterocycles. The van der Waals surface area contributed by atoms with Gasteiger partial charge in [0.1, 0.15) is 11.6 Å². The number of fused-ring (bicyclic) bond motifs is 11. The maximum atomic E-state index is 5.46. The van der Waals surface area contributed by atoms with Crippen molar-refractivity contribution in [1.29, 1.82) is 0 Å². The molecular weight excluding hydrogens is 969 g/mol. The van der Waals surface area contributed by atoms with E-state index in [1.54, 1.807) is 0 Å². The van der Waals surface area contributed by atoms with Crippen LogP contribution in [0.15, 0.2) is 291 Å². The van der Waals surface area contributed by atoms with Gasteiger partial charge in [0.2, 0.25) is 0 Å². The van der Waals surface area contributed by atoms with E-state index in [1.165, 1.54) is 77.2 Å². The summed E-state index contributed by atoms with van der Waals surface area (Å²) in [6.45, 7) is 0. The molecule has 0 aliphatic carbocycles. The van der Waals surface area contributed by atoms with E-state index in [2.05, 4.69) is 300 Å². The molecule has 4 nitrogen and oxygen atoms in total. The van der Waals surface area contributed by atoms with Gasteiger partial charge >= 0.3 is 0 Å². The lowest BCUT2D eigenvalue weighted by molar-refractivity contribution is 1.17. The molecule has 0 atom stereocenters. The van der Waals surface area contributed by atoms with Gasteiger partial charge in [0.05, 0.1) is 33.1 Å². The fraction of sp³-hybridized carbons (Fsp3) is 0. The van der Waals surface area contributed by atoms with Crippen LogP contribution in [0.2, 0.25) is 0 Å². The summed E-state index contributed by atoms with van der Waals surface area (Å²) >= 11 is 0. The summed E-state index contributed by atoms with van der Waals surface area (Å²) in [6.07, 6.45) is 0. The Morgan fingerprint density at radius 3 is 0.938 bits per heavy atom. The van der Waals surface area contributed by atoms with E-state index in [4.69, 9.17) is 9.97 Å². The largest absolute Gasteiger partial charge is 0.293 e. The molecule has 4 heteroatoms. The molecule has 16 aromatic rings. The Labute approximate surface area is 462 Å². The first-order chi connectivity index (χ1) is 39.7. The average molecular weight is 1020 g/mol. The molecule has 12 aromatic carbocycles. The summed E-state index contributed by atoms with van der Waals surface area (Å²) in [5, 5.41) is 7.04. The highest BCUT2D eigenvalue weighted by molar-refractivity contribution is 6.17. The van der Waals surface area contributed by atoms with Crippen molar-refractivity contribution >= 4 is 65.4 Å². The van der Waals surface area contributed by atoms with Gasteiger partial charge in [0.15, 0.2) is 0 Å². The molecule has 4 aromatic heterocycles. The van der Waals surface area contributed by atoms with Crippen LogP contribution in [0, 0.1) is 0 Å². The minimum Gasteiger partial charge on any atom is -0.293 e. The first-order valence-corrected chi connectivity index (χ1v) is 27.4. The van der Waals surface area contributed by atoms with Crippen LogP contribution in [-0.4, -0.2) is 18.8 Å². The van der Waals surface area contributed by atoms with E-state index in [0.717, 1.165) is 77.8 Å². The third-order valence-electron chi connectivity index (χ3n) is 16.3. The summed E-state index contributed by atoms with van der Waals surface area (Å²) < 4.78 is 4.78. The van der Waals surface area contributed by atoms with Gasteiger partial charge in [-0.1, -0.05) is 255 Å². The number of hydrogen-bond acceptors (Lipinski definition) is 2. The Hall–Kier alpha value is -10.7.